The summed E-state index contributed by atoms with van der Waals surface area (Å²) in [7, 11) is 0. The molecular weight excluding hydrogens is 310 g/mol. The van der Waals surface area contributed by atoms with E-state index < -0.39 is 5.54 Å². The summed E-state index contributed by atoms with van der Waals surface area (Å²) in [6.07, 6.45) is 0.778. The highest BCUT2D eigenvalue weighted by molar-refractivity contribution is 9.10. The molecule has 0 aliphatic carbocycles. The van der Waals surface area contributed by atoms with Crippen LogP contribution in [0.25, 0.3) is 0 Å². The molecule has 3 heteroatoms. The van der Waals surface area contributed by atoms with Crippen molar-refractivity contribution in [1.82, 2.24) is 0 Å². The largest absolute Gasteiger partial charge is 0.321 e. The third-order valence-corrected chi connectivity index (χ3v) is 3.71. The number of rotatable bonds is 3. The molecule has 0 aliphatic rings. The van der Waals surface area contributed by atoms with Gasteiger partial charge in [-0.25, -0.2) is 0 Å². The lowest BCUT2D eigenvalue weighted by Crippen LogP contribution is -2.35. The molecule has 2 N–H and O–H groups in total. The smallest absolute Gasteiger partial charge is 0.0422 e. The van der Waals surface area contributed by atoms with Gasteiger partial charge in [0.25, 0.3) is 0 Å². The summed E-state index contributed by atoms with van der Waals surface area (Å²) in [4.78, 5) is 0. The Kier molecular flexibility index (Phi) is 4.10. The van der Waals surface area contributed by atoms with Crippen LogP contribution in [0.3, 0.4) is 0 Å². The monoisotopic (exact) mass is 323 g/mol. The Bertz CT molecular complexity index is 534. The third-order valence-electron chi connectivity index (χ3n) is 2.97. The normalized spacial score (nSPS) is 14.2. The first-order chi connectivity index (χ1) is 8.47. The molecule has 0 radical (unpaired) electrons. The summed E-state index contributed by atoms with van der Waals surface area (Å²) in [5.74, 6) is 0. The maximum Gasteiger partial charge on any atom is 0.0422 e. The highest BCUT2D eigenvalue weighted by Crippen LogP contribution is 2.25. The van der Waals surface area contributed by atoms with Gasteiger partial charge in [0.2, 0.25) is 0 Å². The molecular formula is C15H15BrClN. The molecule has 0 amide bonds. The van der Waals surface area contributed by atoms with Crippen LogP contribution in [-0.4, -0.2) is 0 Å². The molecule has 1 atom stereocenters. The van der Waals surface area contributed by atoms with Crippen molar-refractivity contribution in [2.45, 2.75) is 18.9 Å². The van der Waals surface area contributed by atoms with Crippen molar-refractivity contribution in [1.29, 1.82) is 0 Å². The number of nitrogens with two attached hydrogens (primary N) is 1. The van der Waals surface area contributed by atoms with Crippen molar-refractivity contribution in [2.75, 3.05) is 0 Å². The van der Waals surface area contributed by atoms with Crippen LogP contribution in [0.5, 0.6) is 0 Å². The van der Waals surface area contributed by atoms with Gasteiger partial charge < -0.3 is 5.73 Å². The van der Waals surface area contributed by atoms with Gasteiger partial charge in [0.05, 0.1) is 0 Å². The van der Waals surface area contributed by atoms with Gasteiger partial charge in [-0.3, -0.25) is 0 Å². The molecule has 0 aromatic heterocycles. The molecule has 1 unspecified atom stereocenters. The Hall–Kier alpha value is -0.830. The van der Waals surface area contributed by atoms with Crippen LogP contribution in [0.4, 0.5) is 0 Å². The molecule has 2 aromatic rings. The van der Waals surface area contributed by atoms with Crippen LogP contribution in [0.15, 0.2) is 53.0 Å². The lowest BCUT2D eigenvalue weighted by atomic mass is 9.87. The van der Waals surface area contributed by atoms with Gasteiger partial charge in [0, 0.05) is 15.0 Å². The van der Waals surface area contributed by atoms with E-state index in [0.29, 0.717) is 0 Å². The fraction of sp³-hybridized carbons (Fsp3) is 0.200. The number of hydrogen-bond donors (Lipinski definition) is 1. The summed E-state index contributed by atoms with van der Waals surface area (Å²) in [5, 5.41) is 0.750. The molecule has 0 aliphatic heterocycles. The first kappa shape index (κ1) is 13.6. The van der Waals surface area contributed by atoms with E-state index in [-0.39, 0.29) is 0 Å². The highest BCUT2D eigenvalue weighted by atomic mass is 79.9. The van der Waals surface area contributed by atoms with Gasteiger partial charge in [0.15, 0.2) is 0 Å². The van der Waals surface area contributed by atoms with Crippen LogP contribution in [0.1, 0.15) is 18.1 Å². The predicted octanol–water partition coefficient (Wildman–Crippen LogP) is 4.52. The SMILES string of the molecule is CC(N)(Cc1ccc(Cl)cc1)c1cccc(Br)c1. The van der Waals surface area contributed by atoms with Crippen molar-refractivity contribution in [2.24, 2.45) is 5.73 Å². The molecule has 2 aromatic carbocycles. The second-order valence-corrected chi connectivity index (χ2v) is 6.08. The van der Waals surface area contributed by atoms with E-state index in [1.54, 1.807) is 0 Å². The molecule has 0 fully saturated rings. The van der Waals surface area contributed by atoms with E-state index in [0.717, 1.165) is 21.5 Å². The van der Waals surface area contributed by atoms with Crippen molar-refractivity contribution >= 4 is 27.5 Å². The maximum absolute atomic E-state index is 6.42. The van der Waals surface area contributed by atoms with Crippen molar-refractivity contribution in [3.05, 3.63) is 69.2 Å². The highest BCUT2D eigenvalue weighted by Gasteiger charge is 2.21. The molecule has 18 heavy (non-hydrogen) atoms. The van der Waals surface area contributed by atoms with Gasteiger partial charge in [-0.1, -0.05) is 51.8 Å². The minimum Gasteiger partial charge on any atom is -0.321 e. The second-order valence-electron chi connectivity index (χ2n) is 4.73. The van der Waals surface area contributed by atoms with Crippen LogP contribution < -0.4 is 5.73 Å². The fourth-order valence-electron chi connectivity index (χ4n) is 1.97. The van der Waals surface area contributed by atoms with E-state index in [2.05, 4.69) is 28.1 Å². The van der Waals surface area contributed by atoms with E-state index in [1.165, 1.54) is 5.56 Å². The van der Waals surface area contributed by atoms with Gasteiger partial charge in [-0.15, -0.1) is 0 Å². The topological polar surface area (TPSA) is 26.0 Å². The van der Waals surface area contributed by atoms with Gasteiger partial charge in [-0.05, 0) is 48.7 Å². The van der Waals surface area contributed by atoms with E-state index >= 15 is 0 Å². The Morgan fingerprint density at radius 1 is 1.17 bits per heavy atom. The molecule has 1 nitrogen and oxygen atoms in total. The van der Waals surface area contributed by atoms with Crippen molar-refractivity contribution in [3.8, 4) is 0 Å². The zero-order chi connectivity index (χ0) is 13.2. The average Bonchev–Trinajstić information content (AvgIpc) is 2.32. The first-order valence-corrected chi connectivity index (χ1v) is 6.94. The van der Waals surface area contributed by atoms with Crippen LogP contribution >= 0.6 is 27.5 Å². The molecule has 2 rings (SSSR count). The number of halogens is 2. The Balaban J connectivity index is 2.23. The predicted molar refractivity (Wildman–Crippen MR) is 80.8 cm³/mol. The van der Waals surface area contributed by atoms with Gasteiger partial charge in [-0.2, -0.15) is 0 Å². The third kappa shape index (κ3) is 3.35. The quantitative estimate of drug-likeness (QED) is 0.882. The van der Waals surface area contributed by atoms with Crippen LogP contribution in [-0.2, 0) is 12.0 Å². The molecule has 0 saturated carbocycles. The lowest BCUT2D eigenvalue weighted by Gasteiger charge is -2.25. The Morgan fingerprint density at radius 2 is 1.83 bits per heavy atom. The van der Waals surface area contributed by atoms with Crippen LogP contribution in [0.2, 0.25) is 5.02 Å². The first-order valence-electron chi connectivity index (χ1n) is 5.77. The maximum atomic E-state index is 6.42. The minimum absolute atomic E-state index is 0.391. The minimum atomic E-state index is -0.391. The molecule has 0 saturated heterocycles. The van der Waals surface area contributed by atoms with Crippen molar-refractivity contribution in [3.63, 3.8) is 0 Å². The zero-order valence-corrected chi connectivity index (χ0v) is 12.5. The van der Waals surface area contributed by atoms with Gasteiger partial charge in [0.1, 0.15) is 0 Å². The van der Waals surface area contributed by atoms with Crippen molar-refractivity contribution < 1.29 is 0 Å². The molecule has 94 valence electrons. The molecule has 0 heterocycles. The summed E-state index contributed by atoms with van der Waals surface area (Å²) in [6.45, 7) is 2.05. The Labute approximate surface area is 121 Å². The van der Waals surface area contributed by atoms with Crippen LogP contribution in [0, 0.1) is 0 Å². The summed E-state index contributed by atoms with van der Waals surface area (Å²) >= 11 is 9.36. The zero-order valence-electron chi connectivity index (χ0n) is 10.2. The number of benzene rings is 2. The average molecular weight is 325 g/mol. The summed E-state index contributed by atoms with van der Waals surface area (Å²) < 4.78 is 1.05. The number of hydrogen-bond acceptors (Lipinski definition) is 1. The summed E-state index contributed by atoms with van der Waals surface area (Å²) in [6, 6.07) is 16.0. The van der Waals surface area contributed by atoms with E-state index in [4.69, 9.17) is 17.3 Å². The standard InChI is InChI=1S/C15H15BrClN/c1-15(18,12-3-2-4-13(16)9-12)10-11-5-7-14(17)8-6-11/h2-9H,10,18H2,1H3. The second kappa shape index (κ2) is 5.43. The molecule has 0 bridgehead atoms. The Morgan fingerprint density at radius 3 is 2.44 bits per heavy atom. The lowest BCUT2D eigenvalue weighted by molar-refractivity contribution is 0.491. The van der Waals surface area contributed by atoms with Gasteiger partial charge >= 0.3 is 0 Å². The fourth-order valence-corrected chi connectivity index (χ4v) is 2.50. The summed E-state index contributed by atoms with van der Waals surface area (Å²) in [5.41, 5.74) is 8.33. The molecule has 0 spiro atoms. The van der Waals surface area contributed by atoms with E-state index in [9.17, 15) is 0 Å². The van der Waals surface area contributed by atoms with E-state index in [1.807, 2.05) is 43.3 Å².